The Morgan fingerprint density at radius 2 is 1.85 bits per heavy atom. The second-order valence-electron chi connectivity index (χ2n) is 5.40. The first kappa shape index (κ1) is 18.6. The van der Waals surface area contributed by atoms with E-state index >= 15 is 0 Å². The quantitative estimate of drug-likeness (QED) is 0.547. The van der Waals surface area contributed by atoms with Crippen molar-refractivity contribution in [3.8, 4) is 11.3 Å². The van der Waals surface area contributed by atoms with Crippen LogP contribution < -0.4 is 10.6 Å². The molecule has 0 spiro atoms. The Bertz CT molecular complexity index is 950. The van der Waals surface area contributed by atoms with Crippen molar-refractivity contribution in [2.24, 2.45) is 0 Å². The SMILES string of the molecule is Fc1ccccc1-c1ncccc1CNC(=S)Nc1cccc(Cl)c1Cl. The summed E-state index contributed by atoms with van der Waals surface area (Å²) in [4.78, 5) is 4.32. The number of rotatable bonds is 4. The van der Waals surface area contributed by atoms with Crippen LogP contribution >= 0.6 is 35.4 Å². The van der Waals surface area contributed by atoms with Gasteiger partial charge in [0.1, 0.15) is 5.82 Å². The maximum atomic E-state index is 14.1. The first-order valence-electron chi connectivity index (χ1n) is 7.74. The highest BCUT2D eigenvalue weighted by molar-refractivity contribution is 7.80. The van der Waals surface area contributed by atoms with Crippen molar-refractivity contribution >= 4 is 46.2 Å². The summed E-state index contributed by atoms with van der Waals surface area (Å²) in [5.41, 5.74) is 2.44. The van der Waals surface area contributed by atoms with Crippen LogP contribution in [0.1, 0.15) is 5.56 Å². The third-order valence-electron chi connectivity index (χ3n) is 3.66. The standard InChI is InChI=1S/C19H14Cl2FN3S/c20-14-7-3-9-16(17(14)21)25-19(26)24-11-12-5-4-10-23-18(12)13-6-1-2-8-15(13)22/h1-10H,11H2,(H2,24,25,26). The van der Waals surface area contributed by atoms with Crippen LogP contribution in [0.3, 0.4) is 0 Å². The van der Waals surface area contributed by atoms with Crippen LogP contribution in [0.15, 0.2) is 60.8 Å². The lowest BCUT2D eigenvalue weighted by molar-refractivity contribution is 0.630. The highest BCUT2D eigenvalue weighted by atomic mass is 35.5. The summed E-state index contributed by atoms with van der Waals surface area (Å²) in [6.45, 7) is 0.377. The van der Waals surface area contributed by atoms with E-state index in [0.29, 0.717) is 38.6 Å². The molecule has 1 aromatic heterocycles. The van der Waals surface area contributed by atoms with E-state index in [9.17, 15) is 4.39 Å². The molecular weight excluding hydrogens is 392 g/mol. The molecule has 3 nitrogen and oxygen atoms in total. The van der Waals surface area contributed by atoms with Gasteiger partial charge >= 0.3 is 0 Å². The number of nitrogens with one attached hydrogen (secondary N) is 2. The molecule has 3 rings (SSSR count). The molecule has 26 heavy (non-hydrogen) atoms. The molecule has 2 N–H and O–H groups in total. The lowest BCUT2D eigenvalue weighted by Gasteiger charge is -2.14. The summed E-state index contributed by atoms with van der Waals surface area (Å²) in [5, 5.41) is 7.29. The van der Waals surface area contributed by atoms with Crippen LogP contribution in [0.5, 0.6) is 0 Å². The average Bonchev–Trinajstić information content (AvgIpc) is 2.65. The fraction of sp³-hybridized carbons (Fsp3) is 0.0526. The molecule has 0 bridgehead atoms. The highest BCUT2D eigenvalue weighted by Crippen LogP contribution is 2.29. The Morgan fingerprint density at radius 3 is 2.65 bits per heavy atom. The average molecular weight is 406 g/mol. The summed E-state index contributed by atoms with van der Waals surface area (Å²) >= 11 is 17.4. The number of anilines is 1. The van der Waals surface area contributed by atoms with Crippen LogP contribution in [0.25, 0.3) is 11.3 Å². The van der Waals surface area contributed by atoms with Crippen molar-refractivity contribution in [3.05, 3.63) is 82.2 Å². The number of thiocarbonyl (C=S) groups is 1. The summed E-state index contributed by atoms with van der Waals surface area (Å²) in [7, 11) is 0. The van der Waals surface area contributed by atoms with E-state index in [1.165, 1.54) is 6.07 Å². The molecule has 0 atom stereocenters. The second kappa shape index (κ2) is 8.45. The predicted octanol–water partition coefficient (Wildman–Crippen LogP) is 5.68. The van der Waals surface area contributed by atoms with Crippen LogP contribution in [-0.2, 0) is 6.54 Å². The van der Waals surface area contributed by atoms with E-state index < -0.39 is 0 Å². The number of benzene rings is 2. The minimum atomic E-state index is -0.320. The van der Waals surface area contributed by atoms with Crippen LogP contribution in [0.4, 0.5) is 10.1 Å². The Labute approximate surface area is 166 Å². The highest BCUT2D eigenvalue weighted by Gasteiger charge is 2.11. The van der Waals surface area contributed by atoms with Crippen molar-refractivity contribution in [3.63, 3.8) is 0 Å². The molecule has 0 unspecified atom stereocenters. The van der Waals surface area contributed by atoms with E-state index in [1.807, 2.05) is 6.07 Å². The summed E-state index contributed by atoms with van der Waals surface area (Å²) in [6.07, 6.45) is 1.63. The Morgan fingerprint density at radius 1 is 1.04 bits per heavy atom. The van der Waals surface area contributed by atoms with Gasteiger partial charge in [-0.25, -0.2) is 4.39 Å². The number of hydrogen-bond donors (Lipinski definition) is 2. The Balaban J connectivity index is 1.73. The summed E-state index contributed by atoms with van der Waals surface area (Å²) < 4.78 is 14.1. The maximum Gasteiger partial charge on any atom is 0.171 e. The van der Waals surface area contributed by atoms with E-state index in [-0.39, 0.29) is 5.82 Å². The third kappa shape index (κ3) is 4.30. The molecule has 0 amide bonds. The normalized spacial score (nSPS) is 10.4. The number of pyridine rings is 1. The van der Waals surface area contributed by atoms with Gasteiger partial charge in [-0.3, -0.25) is 4.98 Å². The van der Waals surface area contributed by atoms with Gasteiger partial charge in [0, 0.05) is 18.3 Å². The molecule has 0 aliphatic carbocycles. The van der Waals surface area contributed by atoms with Crippen LogP contribution in [0.2, 0.25) is 10.0 Å². The minimum Gasteiger partial charge on any atom is -0.358 e. The second-order valence-corrected chi connectivity index (χ2v) is 6.59. The molecule has 0 saturated heterocycles. The fourth-order valence-corrected chi connectivity index (χ4v) is 2.95. The van der Waals surface area contributed by atoms with Crippen molar-refractivity contribution < 1.29 is 4.39 Å². The molecule has 7 heteroatoms. The Hall–Kier alpha value is -2.21. The predicted molar refractivity (Wildman–Crippen MR) is 109 cm³/mol. The topological polar surface area (TPSA) is 37.0 Å². The van der Waals surface area contributed by atoms with E-state index in [2.05, 4.69) is 15.6 Å². The molecule has 0 fully saturated rings. The lowest BCUT2D eigenvalue weighted by Crippen LogP contribution is -2.28. The molecule has 132 valence electrons. The van der Waals surface area contributed by atoms with Gasteiger partial charge in [-0.05, 0) is 48.1 Å². The Kier molecular flexibility index (Phi) is 6.04. The molecule has 2 aromatic carbocycles. The number of nitrogens with zero attached hydrogens (tertiary/aromatic N) is 1. The fourth-order valence-electron chi connectivity index (χ4n) is 2.42. The molecule has 3 aromatic rings. The summed E-state index contributed by atoms with van der Waals surface area (Å²) in [6, 6.07) is 15.4. The van der Waals surface area contributed by atoms with Crippen LogP contribution in [-0.4, -0.2) is 10.1 Å². The molecule has 0 aliphatic heterocycles. The molecule has 1 heterocycles. The largest absolute Gasteiger partial charge is 0.358 e. The molecule has 0 saturated carbocycles. The van der Waals surface area contributed by atoms with Gasteiger partial charge in [0.2, 0.25) is 0 Å². The van der Waals surface area contributed by atoms with Crippen molar-refractivity contribution in [1.29, 1.82) is 0 Å². The van der Waals surface area contributed by atoms with Gasteiger partial charge in [-0.1, -0.05) is 47.5 Å². The zero-order valence-corrected chi connectivity index (χ0v) is 15.8. The van der Waals surface area contributed by atoms with E-state index in [1.54, 1.807) is 48.7 Å². The van der Waals surface area contributed by atoms with Crippen molar-refractivity contribution in [1.82, 2.24) is 10.3 Å². The van der Waals surface area contributed by atoms with Crippen LogP contribution in [0, 0.1) is 5.82 Å². The zero-order valence-electron chi connectivity index (χ0n) is 13.5. The van der Waals surface area contributed by atoms with Crippen molar-refractivity contribution in [2.45, 2.75) is 6.54 Å². The molecule has 0 radical (unpaired) electrons. The summed E-state index contributed by atoms with van der Waals surface area (Å²) in [5.74, 6) is -0.320. The smallest absolute Gasteiger partial charge is 0.171 e. The molecule has 0 aliphatic rings. The first-order valence-corrected chi connectivity index (χ1v) is 8.90. The van der Waals surface area contributed by atoms with Gasteiger partial charge in [-0.2, -0.15) is 0 Å². The first-order chi connectivity index (χ1) is 12.6. The van der Waals surface area contributed by atoms with Gasteiger partial charge < -0.3 is 10.6 Å². The number of halogens is 3. The number of aromatic nitrogens is 1. The van der Waals surface area contributed by atoms with Gasteiger partial charge in [-0.15, -0.1) is 0 Å². The third-order valence-corrected chi connectivity index (χ3v) is 4.72. The monoisotopic (exact) mass is 405 g/mol. The minimum absolute atomic E-state index is 0.320. The maximum absolute atomic E-state index is 14.1. The zero-order chi connectivity index (χ0) is 18.5. The lowest BCUT2D eigenvalue weighted by atomic mass is 10.1. The van der Waals surface area contributed by atoms with E-state index in [4.69, 9.17) is 35.4 Å². The van der Waals surface area contributed by atoms with Crippen molar-refractivity contribution in [2.75, 3.05) is 5.32 Å². The van der Waals surface area contributed by atoms with Gasteiger partial charge in [0.15, 0.2) is 5.11 Å². The van der Waals surface area contributed by atoms with E-state index in [0.717, 1.165) is 5.56 Å². The van der Waals surface area contributed by atoms with Gasteiger partial charge in [0.25, 0.3) is 0 Å². The van der Waals surface area contributed by atoms with Gasteiger partial charge in [0.05, 0.1) is 21.4 Å². The number of hydrogen-bond acceptors (Lipinski definition) is 2. The molecular formula is C19H14Cl2FN3S.